The summed E-state index contributed by atoms with van der Waals surface area (Å²) in [4.78, 5) is 59.3. The summed E-state index contributed by atoms with van der Waals surface area (Å²) in [6.45, 7) is 2.47. The fraction of sp³-hybridized carbons (Fsp3) is 0.387. The molecule has 10 nitrogen and oxygen atoms in total. The highest BCUT2D eigenvalue weighted by atomic mass is 35.6. The highest BCUT2D eigenvalue weighted by molar-refractivity contribution is 8.77. The number of nitrogens with one attached hydrogen (secondary N) is 1. The summed E-state index contributed by atoms with van der Waals surface area (Å²) in [6.07, 6.45) is 2.62. The summed E-state index contributed by atoms with van der Waals surface area (Å²) in [6, 6.07) is 16.6. The first kappa shape index (κ1) is 35.6. The first-order valence-corrected chi connectivity index (χ1v) is 18.8. The van der Waals surface area contributed by atoms with Crippen LogP contribution in [0.2, 0.25) is 0 Å². The highest BCUT2D eigenvalue weighted by Crippen LogP contribution is 2.48. The van der Waals surface area contributed by atoms with Gasteiger partial charge < -0.3 is 19.7 Å². The summed E-state index contributed by atoms with van der Waals surface area (Å²) in [5.41, 5.74) is 1.95. The van der Waals surface area contributed by atoms with Gasteiger partial charge in [-0.3, -0.25) is 19.3 Å². The Morgan fingerprint density at radius 2 is 1.85 bits per heavy atom. The van der Waals surface area contributed by atoms with E-state index < -0.39 is 39.7 Å². The van der Waals surface area contributed by atoms with Gasteiger partial charge in [-0.05, 0) is 73.2 Å². The Bertz CT molecular complexity index is 1620. The van der Waals surface area contributed by atoms with Crippen molar-refractivity contribution in [2.45, 2.75) is 46.3 Å². The smallest absolute Gasteiger partial charge is 0.415 e. The van der Waals surface area contributed by atoms with Gasteiger partial charge in [0, 0.05) is 11.9 Å². The van der Waals surface area contributed by atoms with Crippen molar-refractivity contribution in [3.63, 3.8) is 0 Å². The third-order valence-electron chi connectivity index (χ3n) is 7.44. The molecule has 47 heavy (non-hydrogen) atoms. The molecule has 1 N–H and O–H groups in total. The van der Waals surface area contributed by atoms with E-state index in [-0.39, 0.29) is 25.1 Å². The van der Waals surface area contributed by atoms with Gasteiger partial charge in [0.05, 0.1) is 16.1 Å². The Labute approximate surface area is 298 Å². The molecule has 1 saturated heterocycles. The number of aromatic nitrogens is 1. The van der Waals surface area contributed by atoms with E-state index in [1.165, 1.54) is 48.9 Å². The van der Waals surface area contributed by atoms with E-state index >= 15 is 0 Å². The summed E-state index contributed by atoms with van der Waals surface area (Å²) < 4.78 is 10.7. The number of fused-ring (bicyclic) bond motifs is 1. The lowest BCUT2D eigenvalue weighted by atomic mass is 9.91. The number of carbonyl (C=O) groups is 4. The molecule has 2 aromatic carbocycles. The third kappa shape index (κ3) is 9.70. The number of β-lactam (4-membered cyclic amide) rings is 1. The fourth-order valence-electron chi connectivity index (χ4n) is 4.77. The van der Waals surface area contributed by atoms with Crippen molar-refractivity contribution < 1.29 is 28.7 Å². The minimum atomic E-state index is -1.78. The number of thiazole rings is 1. The van der Waals surface area contributed by atoms with E-state index in [0.717, 1.165) is 27.4 Å². The first-order chi connectivity index (χ1) is 22.4. The zero-order valence-electron chi connectivity index (χ0n) is 25.3. The molecule has 2 aliphatic rings. The lowest BCUT2D eigenvalue weighted by molar-refractivity contribution is -0.158. The van der Waals surface area contributed by atoms with Crippen LogP contribution < -0.4 is 10.2 Å². The Morgan fingerprint density at radius 1 is 1.15 bits per heavy atom. The van der Waals surface area contributed by atoms with Crippen LogP contribution in [0.15, 0.2) is 70.7 Å². The Kier molecular flexibility index (Phi) is 11.9. The second-order valence-electron chi connectivity index (χ2n) is 11.0. The number of benzene rings is 2. The van der Waals surface area contributed by atoms with Gasteiger partial charge in [0.25, 0.3) is 0 Å². The van der Waals surface area contributed by atoms with Gasteiger partial charge >= 0.3 is 12.1 Å². The standard InChI is InChI=1S/C31H31Cl3N4O6S3/c1-18(14-35-24(39)15-37(21-8-4-3-5-9-21)30(42)44-19(2)20-12-13-20)26-27(41)38(16-25(40)43-17-31(32,33)34)28(26)46-47-29-36-22-10-6-7-11-23(22)45-29/h3-11,14,19-20,26,28H,12-13,15-17H2,1-2H3,(H,35,39). The van der Waals surface area contributed by atoms with E-state index in [1.54, 1.807) is 31.2 Å². The second kappa shape index (κ2) is 15.7. The van der Waals surface area contributed by atoms with Crippen molar-refractivity contribution in [2.24, 2.45) is 11.8 Å². The lowest BCUT2D eigenvalue weighted by Crippen LogP contribution is -2.61. The number of amides is 3. The van der Waals surface area contributed by atoms with Gasteiger partial charge in [-0.1, -0.05) is 75.9 Å². The molecule has 250 valence electrons. The zero-order chi connectivity index (χ0) is 33.7. The maximum absolute atomic E-state index is 13.3. The molecule has 1 aliphatic heterocycles. The number of hydrogen-bond donors (Lipinski definition) is 1. The van der Waals surface area contributed by atoms with Crippen LogP contribution in [0.3, 0.4) is 0 Å². The van der Waals surface area contributed by atoms with Crippen LogP contribution in [0.25, 0.3) is 10.2 Å². The number of halogens is 3. The van der Waals surface area contributed by atoms with E-state index in [0.29, 0.717) is 17.2 Å². The molecule has 0 radical (unpaired) electrons. The fourth-order valence-corrected chi connectivity index (χ4v) is 9.04. The van der Waals surface area contributed by atoms with Gasteiger partial charge in [0.1, 0.15) is 31.2 Å². The van der Waals surface area contributed by atoms with Crippen molar-refractivity contribution in [3.8, 4) is 0 Å². The molecule has 1 aliphatic carbocycles. The van der Waals surface area contributed by atoms with Gasteiger partial charge in [-0.2, -0.15) is 0 Å². The number of nitrogens with zero attached hydrogens (tertiary/aromatic N) is 3. The molecule has 5 rings (SSSR count). The molecule has 1 saturated carbocycles. The largest absolute Gasteiger partial charge is 0.460 e. The van der Waals surface area contributed by atoms with Crippen molar-refractivity contribution in [3.05, 3.63) is 66.4 Å². The normalized spacial score (nSPS) is 18.8. The summed E-state index contributed by atoms with van der Waals surface area (Å²) in [7, 11) is 2.75. The zero-order valence-corrected chi connectivity index (χ0v) is 30.0. The highest BCUT2D eigenvalue weighted by Gasteiger charge is 2.50. The number of para-hydroxylation sites is 2. The van der Waals surface area contributed by atoms with Crippen LogP contribution in [0, 0.1) is 11.8 Å². The average Bonchev–Trinajstić information content (AvgIpc) is 3.81. The summed E-state index contributed by atoms with van der Waals surface area (Å²) in [5, 5.41) is 2.22. The summed E-state index contributed by atoms with van der Waals surface area (Å²) >= 11 is 18.6. The molecule has 3 amide bonds. The molecule has 3 unspecified atom stereocenters. The molecular weight excluding hydrogens is 727 g/mol. The van der Waals surface area contributed by atoms with Gasteiger partial charge in [-0.25, -0.2) is 9.78 Å². The lowest BCUT2D eigenvalue weighted by Gasteiger charge is -2.46. The molecule has 2 fully saturated rings. The van der Waals surface area contributed by atoms with Crippen molar-refractivity contribution in [1.82, 2.24) is 15.2 Å². The van der Waals surface area contributed by atoms with Crippen molar-refractivity contribution >= 4 is 108 Å². The number of anilines is 1. The SMILES string of the molecule is CC(=CNC(=O)CN(C(=O)OC(C)C1CC1)c1ccccc1)C1C(=O)N(CC(=O)OCC(Cl)(Cl)Cl)C1SSc1nc2ccccc2s1. The molecule has 16 heteroatoms. The predicted molar refractivity (Wildman–Crippen MR) is 188 cm³/mol. The molecule has 1 aromatic heterocycles. The number of rotatable bonds is 13. The van der Waals surface area contributed by atoms with Crippen LogP contribution in [-0.2, 0) is 23.9 Å². The maximum Gasteiger partial charge on any atom is 0.415 e. The van der Waals surface area contributed by atoms with E-state index in [1.807, 2.05) is 37.3 Å². The molecule has 2 heterocycles. The van der Waals surface area contributed by atoms with Crippen molar-refractivity contribution in [2.75, 3.05) is 24.6 Å². The topological polar surface area (TPSA) is 118 Å². The average molecular weight is 758 g/mol. The minimum Gasteiger partial charge on any atom is -0.460 e. The number of esters is 1. The van der Waals surface area contributed by atoms with Crippen LogP contribution >= 0.6 is 67.7 Å². The Balaban J connectivity index is 1.26. The van der Waals surface area contributed by atoms with Crippen LogP contribution in [0.1, 0.15) is 26.7 Å². The molecular formula is C31H31Cl3N4O6S3. The monoisotopic (exact) mass is 756 g/mol. The maximum atomic E-state index is 13.3. The number of carbonyl (C=O) groups excluding carboxylic acids is 4. The Hall–Kier alpha value is -2.68. The second-order valence-corrected chi connectivity index (χ2v) is 17.2. The summed E-state index contributed by atoms with van der Waals surface area (Å²) in [5.74, 6) is -1.85. The van der Waals surface area contributed by atoms with E-state index in [9.17, 15) is 19.2 Å². The van der Waals surface area contributed by atoms with Crippen molar-refractivity contribution in [1.29, 1.82) is 0 Å². The molecule has 3 aromatic rings. The number of alkyl halides is 3. The van der Waals surface area contributed by atoms with Gasteiger partial charge in [0.15, 0.2) is 4.34 Å². The molecule has 0 bridgehead atoms. The number of hydrogen-bond acceptors (Lipinski definition) is 10. The Morgan fingerprint density at radius 3 is 2.53 bits per heavy atom. The van der Waals surface area contributed by atoms with Crippen LogP contribution in [0.4, 0.5) is 10.5 Å². The first-order valence-electron chi connectivity index (χ1n) is 14.6. The van der Waals surface area contributed by atoms with Crippen LogP contribution in [0.5, 0.6) is 0 Å². The van der Waals surface area contributed by atoms with Gasteiger partial charge in [0.2, 0.25) is 15.6 Å². The van der Waals surface area contributed by atoms with E-state index in [4.69, 9.17) is 44.3 Å². The molecule has 3 atom stereocenters. The number of likely N-dealkylation sites (tertiary alicyclic amines) is 1. The third-order valence-corrected chi connectivity index (χ3v) is 11.8. The quantitative estimate of drug-likeness (QED) is 0.0837. The minimum absolute atomic E-state index is 0.249. The predicted octanol–water partition coefficient (Wildman–Crippen LogP) is 7.20. The van der Waals surface area contributed by atoms with E-state index in [2.05, 4.69) is 10.3 Å². The molecule has 0 spiro atoms. The number of ether oxygens (including phenoxy) is 2. The van der Waals surface area contributed by atoms with Crippen LogP contribution in [-0.4, -0.2) is 68.7 Å². The van der Waals surface area contributed by atoms with Gasteiger partial charge in [-0.15, -0.1) is 11.3 Å².